The summed E-state index contributed by atoms with van der Waals surface area (Å²) < 4.78 is 0. The van der Waals surface area contributed by atoms with Crippen LogP contribution in [0.1, 0.15) is 49.9 Å². The number of guanidine groups is 1. The predicted molar refractivity (Wildman–Crippen MR) is 119 cm³/mol. The molecule has 1 aromatic rings. The fourth-order valence-electron chi connectivity index (χ4n) is 3.06. The molecule has 2 rings (SSSR count). The lowest BCUT2D eigenvalue weighted by molar-refractivity contribution is 0.242. The highest BCUT2D eigenvalue weighted by Gasteiger charge is 2.20. The Kier molecular flexibility index (Phi) is 11.6. The number of hydrogen-bond donors (Lipinski definition) is 2. The minimum absolute atomic E-state index is 0. The van der Waals surface area contributed by atoms with Crippen LogP contribution in [0, 0.1) is 0 Å². The van der Waals surface area contributed by atoms with Crippen LogP contribution in [0.25, 0.3) is 0 Å². The molecule has 7 heteroatoms. The van der Waals surface area contributed by atoms with E-state index in [1.807, 2.05) is 17.5 Å². The van der Waals surface area contributed by atoms with Crippen molar-refractivity contribution < 1.29 is 0 Å². The molecule has 0 saturated carbocycles. The second-order valence-electron chi connectivity index (χ2n) is 6.28. The molecule has 0 spiro atoms. The Bertz CT molecular complexity index is 499. The van der Waals surface area contributed by atoms with Crippen LogP contribution in [0.4, 0.5) is 0 Å². The second-order valence-corrected chi connectivity index (χ2v) is 7.48. The van der Waals surface area contributed by atoms with E-state index >= 15 is 0 Å². The van der Waals surface area contributed by atoms with E-state index in [0.29, 0.717) is 6.04 Å². The van der Waals surface area contributed by atoms with Gasteiger partial charge in [0.15, 0.2) is 5.96 Å². The van der Waals surface area contributed by atoms with Crippen molar-refractivity contribution in [1.82, 2.24) is 20.5 Å². The molecule has 0 amide bonds. The van der Waals surface area contributed by atoms with Gasteiger partial charge >= 0.3 is 0 Å². The lowest BCUT2D eigenvalue weighted by Crippen LogP contribution is -2.40. The monoisotopic (exact) mass is 479 g/mol. The van der Waals surface area contributed by atoms with E-state index in [1.54, 1.807) is 0 Å². The van der Waals surface area contributed by atoms with Crippen molar-refractivity contribution in [3.63, 3.8) is 0 Å². The number of hydrogen-bond acceptors (Lipinski definition) is 4. The average molecular weight is 479 g/mol. The quantitative estimate of drug-likeness (QED) is 0.324. The Morgan fingerprint density at radius 3 is 2.64 bits per heavy atom. The Morgan fingerprint density at radius 2 is 2.04 bits per heavy atom. The lowest BCUT2D eigenvalue weighted by atomic mass is 10.2. The fraction of sp³-hybridized carbons (Fsp3) is 0.778. The van der Waals surface area contributed by atoms with Gasteiger partial charge in [0.1, 0.15) is 0 Å². The van der Waals surface area contributed by atoms with Crippen molar-refractivity contribution in [3.8, 4) is 0 Å². The van der Waals surface area contributed by atoms with Gasteiger partial charge in [0, 0.05) is 36.6 Å². The molecule has 1 saturated heterocycles. The van der Waals surface area contributed by atoms with Crippen LogP contribution in [0.2, 0.25) is 0 Å². The number of aryl methyl sites for hydroxylation is 1. The minimum atomic E-state index is 0. The number of nitrogens with zero attached hydrogens (tertiary/aromatic N) is 3. The van der Waals surface area contributed by atoms with Gasteiger partial charge in [-0.2, -0.15) is 0 Å². The summed E-state index contributed by atoms with van der Waals surface area (Å²) in [6.07, 6.45) is 7.88. The maximum atomic E-state index is 4.82. The Hall–Kier alpha value is -0.410. The molecule has 1 unspecified atom stereocenters. The zero-order valence-electron chi connectivity index (χ0n) is 15.9. The van der Waals surface area contributed by atoms with Crippen LogP contribution in [-0.2, 0) is 12.8 Å². The van der Waals surface area contributed by atoms with Gasteiger partial charge in [0.05, 0.1) is 11.6 Å². The highest BCUT2D eigenvalue weighted by atomic mass is 127. The summed E-state index contributed by atoms with van der Waals surface area (Å²) >= 11 is 1.82. The summed E-state index contributed by atoms with van der Waals surface area (Å²) in [7, 11) is 0. The van der Waals surface area contributed by atoms with Crippen LogP contribution >= 0.6 is 35.3 Å². The molecule has 0 aromatic carbocycles. The Labute approximate surface area is 174 Å². The number of halogens is 1. The summed E-state index contributed by atoms with van der Waals surface area (Å²) in [6.45, 7) is 11.7. The van der Waals surface area contributed by atoms with Crippen LogP contribution in [0.15, 0.2) is 11.2 Å². The maximum absolute atomic E-state index is 4.82. The molecule has 2 N–H and O–H groups in total. The molecule has 2 heterocycles. The van der Waals surface area contributed by atoms with E-state index in [0.717, 1.165) is 38.4 Å². The smallest absolute Gasteiger partial charge is 0.191 e. The molecule has 5 nitrogen and oxygen atoms in total. The van der Waals surface area contributed by atoms with Gasteiger partial charge in [-0.15, -0.1) is 35.3 Å². The van der Waals surface area contributed by atoms with Crippen molar-refractivity contribution in [2.75, 3.05) is 32.7 Å². The van der Waals surface area contributed by atoms with E-state index in [9.17, 15) is 0 Å². The van der Waals surface area contributed by atoms with E-state index in [4.69, 9.17) is 4.99 Å². The van der Waals surface area contributed by atoms with Crippen LogP contribution in [0.3, 0.4) is 0 Å². The van der Waals surface area contributed by atoms with Gasteiger partial charge in [-0.25, -0.2) is 4.98 Å². The standard InChI is InChI=1S/C18H33N5S.HI/c1-4-15(23-11-7-8-12-23)13-22-18(19-6-3)20-10-9-17-21-14-16(5-2)24-17;/h14-15H,4-13H2,1-3H3,(H2,19,20,22);1H. The zero-order chi connectivity index (χ0) is 17.2. The van der Waals surface area contributed by atoms with E-state index in [1.165, 1.54) is 42.2 Å². The van der Waals surface area contributed by atoms with Gasteiger partial charge in [-0.1, -0.05) is 13.8 Å². The van der Waals surface area contributed by atoms with E-state index in [2.05, 4.69) is 41.3 Å². The first-order valence-electron chi connectivity index (χ1n) is 9.46. The number of rotatable bonds is 9. The van der Waals surface area contributed by atoms with Crippen molar-refractivity contribution in [2.24, 2.45) is 4.99 Å². The topological polar surface area (TPSA) is 52.6 Å². The number of aliphatic imine (C=N–C) groups is 1. The average Bonchev–Trinajstić information content (AvgIpc) is 3.27. The van der Waals surface area contributed by atoms with Crippen molar-refractivity contribution in [3.05, 3.63) is 16.1 Å². The fourth-order valence-corrected chi connectivity index (χ4v) is 3.92. The Morgan fingerprint density at radius 1 is 1.28 bits per heavy atom. The second kappa shape index (κ2) is 12.9. The molecule has 0 bridgehead atoms. The van der Waals surface area contributed by atoms with Crippen LogP contribution < -0.4 is 10.6 Å². The van der Waals surface area contributed by atoms with Crippen LogP contribution in [-0.4, -0.2) is 54.6 Å². The molecule has 1 aliphatic rings. The minimum Gasteiger partial charge on any atom is -0.357 e. The largest absolute Gasteiger partial charge is 0.357 e. The molecule has 0 radical (unpaired) electrons. The highest BCUT2D eigenvalue weighted by Crippen LogP contribution is 2.14. The molecule has 1 aromatic heterocycles. The molecule has 1 fully saturated rings. The third-order valence-corrected chi connectivity index (χ3v) is 5.72. The van der Waals surface area contributed by atoms with Gasteiger partial charge in [-0.3, -0.25) is 9.89 Å². The Balaban J connectivity index is 0.00000312. The van der Waals surface area contributed by atoms with Gasteiger partial charge < -0.3 is 10.6 Å². The van der Waals surface area contributed by atoms with Gasteiger partial charge in [0.25, 0.3) is 0 Å². The maximum Gasteiger partial charge on any atom is 0.191 e. The summed E-state index contributed by atoms with van der Waals surface area (Å²) in [4.78, 5) is 13.3. The molecular formula is C18H34IN5S. The molecule has 144 valence electrons. The first-order valence-corrected chi connectivity index (χ1v) is 10.3. The first-order chi connectivity index (χ1) is 11.8. The summed E-state index contributed by atoms with van der Waals surface area (Å²) in [5.74, 6) is 0.933. The number of nitrogens with one attached hydrogen (secondary N) is 2. The highest BCUT2D eigenvalue weighted by molar-refractivity contribution is 14.0. The normalized spacial score (nSPS) is 16.5. The predicted octanol–water partition coefficient (Wildman–Crippen LogP) is 3.30. The van der Waals surface area contributed by atoms with E-state index < -0.39 is 0 Å². The van der Waals surface area contributed by atoms with Gasteiger partial charge in [0.2, 0.25) is 0 Å². The van der Waals surface area contributed by atoms with Crippen molar-refractivity contribution in [2.45, 2.75) is 58.9 Å². The first kappa shape index (κ1) is 22.6. The van der Waals surface area contributed by atoms with Crippen LogP contribution in [0.5, 0.6) is 0 Å². The molecular weight excluding hydrogens is 445 g/mol. The summed E-state index contributed by atoms with van der Waals surface area (Å²) in [6, 6.07) is 0.578. The molecule has 25 heavy (non-hydrogen) atoms. The molecule has 1 atom stereocenters. The zero-order valence-corrected chi connectivity index (χ0v) is 19.0. The number of aromatic nitrogens is 1. The van der Waals surface area contributed by atoms with Crippen molar-refractivity contribution >= 4 is 41.3 Å². The SMILES string of the molecule is CCNC(=NCC(CC)N1CCCC1)NCCc1ncc(CC)s1.I. The number of thiazole rings is 1. The lowest BCUT2D eigenvalue weighted by Gasteiger charge is -2.25. The summed E-state index contributed by atoms with van der Waals surface area (Å²) in [5.41, 5.74) is 0. The van der Waals surface area contributed by atoms with Crippen molar-refractivity contribution in [1.29, 1.82) is 0 Å². The van der Waals surface area contributed by atoms with Gasteiger partial charge in [-0.05, 0) is 45.7 Å². The number of likely N-dealkylation sites (tertiary alicyclic amines) is 1. The summed E-state index contributed by atoms with van der Waals surface area (Å²) in [5, 5.41) is 8.02. The molecule has 1 aliphatic heterocycles. The molecule has 0 aliphatic carbocycles. The third-order valence-electron chi connectivity index (χ3n) is 4.51. The third kappa shape index (κ3) is 7.78. The van der Waals surface area contributed by atoms with E-state index in [-0.39, 0.29) is 24.0 Å².